The van der Waals surface area contributed by atoms with Gasteiger partial charge in [-0.3, -0.25) is 4.98 Å². The Morgan fingerprint density at radius 2 is 1.68 bits per heavy atom. The summed E-state index contributed by atoms with van der Waals surface area (Å²) in [4.78, 5) is 4.10. The Hall–Kier alpha value is -2.58. The van der Waals surface area contributed by atoms with Gasteiger partial charge in [0.15, 0.2) is 0 Å². The Morgan fingerprint density at radius 1 is 0.864 bits per heavy atom. The van der Waals surface area contributed by atoms with E-state index in [2.05, 4.69) is 11.1 Å². The van der Waals surface area contributed by atoms with Gasteiger partial charge in [0.05, 0.1) is 0 Å². The van der Waals surface area contributed by atoms with Crippen molar-refractivity contribution >= 4 is 23.3 Å². The molecule has 0 saturated carbocycles. The molecule has 1 aliphatic heterocycles. The fourth-order valence-electron chi connectivity index (χ4n) is 2.62. The molecule has 0 radical (unpaired) electrons. The third-order valence-corrected chi connectivity index (χ3v) is 3.90. The zero-order valence-electron chi connectivity index (χ0n) is 11.7. The number of pyridine rings is 1. The Kier molecular flexibility index (Phi) is 3.17. The number of hydrogen-bond donors (Lipinski definition) is 0. The van der Waals surface area contributed by atoms with Crippen molar-refractivity contribution in [1.82, 2.24) is 4.98 Å². The van der Waals surface area contributed by atoms with Crippen molar-refractivity contribution in [3.8, 4) is 11.5 Å². The van der Waals surface area contributed by atoms with Crippen LogP contribution in [0.5, 0.6) is 11.5 Å². The summed E-state index contributed by atoms with van der Waals surface area (Å²) >= 11 is 6.20. The van der Waals surface area contributed by atoms with Gasteiger partial charge >= 0.3 is 0 Å². The molecule has 2 nitrogen and oxygen atoms in total. The second-order valence-corrected chi connectivity index (χ2v) is 5.51. The number of benzene rings is 2. The maximum atomic E-state index is 6.20. The maximum Gasteiger partial charge on any atom is 0.135 e. The van der Waals surface area contributed by atoms with Crippen LogP contribution in [0.15, 0.2) is 67.0 Å². The van der Waals surface area contributed by atoms with E-state index in [9.17, 15) is 0 Å². The van der Waals surface area contributed by atoms with Crippen molar-refractivity contribution < 1.29 is 4.74 Å². The van der Waals surface area contributed by atoms with Crippen molar-refractivity contribution in [3.05, 3.63) is 88.7 Å². The second kappa shape index (κ2) is 5.32. The van der Waals surface area contributed by atoms with Gasteiger partial charge in [-0.1, -0.05) is 29.8 Å². The first kappa shape index (κ1) is 13.1. The molecule has 0 bridgehead atoms. The van der Waals surface area contributed by atoms with Gasteiger partial charge in [0, 0.05) is 28.5 Å². The smallest absolute Gasteiger partial charge is 0.135 e. The van der Waals surface area contributed by atoms with Crippen LogP contribution in [0.25, 0.3) is 11.6 Å². The van der Waals surface area contributed by atoms with Crippen molar-refractivity contribution in [3.63, 3.8) is 0 Å². The summed E-state index contributed by atoms with van der Waals surface area (Å²) in [5.41, 5.74) is 4.18. The van der Waals surface area contributed by atoms with Crippen LogP contribution in [-0.2, 0) is 0 Å². The lowest BCUT2D eigenvalue weighted by molar-refractivity contribution is 0.481. The van der Waals surface area contributed by atoms with E-state index in [4.69, 9.17) is 16.3 Å². The number of aromatic nitrogens is 1. The fraction of sp³-hybridized carbons (Fsp3) is 0. The predicted octanol–water partition coefficient (Wildman–Crippen LogP) is 5.43. The molecule has 0 spiro atoms. The Morgan fingerprint density at radius 3 is 2.55 bits per heavy atom. The molecule has 22 heavy (non-hydrogen) atoms. The third-order valence-electron chi connectivity index (χ3n) is 3.66. The number of nitrogens with zero attached hydrogens (tertiary/aromatic N) is 1. The van der Waals surface area contributed by atoms with E-state index < -0.39 is 0 Å². The van der Waals surface area contributed by atoms with Crippen LogP contribution in [0.3, 0.4) is 0 Å². The highest BCUT2D eigenvalue weighted by atomic mass is 35.5. The molecule has 2 heterocycles. The molecule has 0 saturated heterocycles. The molecule has 0 N–H and O–H groups in total. The van der Waals surface area contributed by atoms with Gasteiger partial charge in [0.25, 0.3) is 0 Å². The lowest BCUT2D eigenvalue weighted by Gasteiger charge is -2.11. The second-order valence-electron chi connectivity index (χ2n) is 5.07. The van der Waals surface area contributed by atoms with E-state index in [-0.39, 0.29) is 0 Å². The van der Waals surface area contributed by atoms with Crippen LogP contribution in [0.1, 0.15) is 16.7 Å². The maximum absolute atomic E-state index is 6.20. The van der Waals surface area contributed by atoms with Crippen LogP contribution in [0.4, 0.5) is 0 Å². The molecule has 4 rings (SSSR count). The quantitative estimate of drug-likeness (QED) is 0.468. The molecular weight excluding hydrogens is 294 g/mol. The summed E-state index contributed by atoms with van der Waals surface area (Å²) in [6.45, 7) is 0. The van der Waals surface area contributed by atoms with Crippen LogP contribution in [-0.4, -0.2) is 4.98 Å². The highest BCUT2D eigenvalue weighted by Gasteiger charge is 2.18. The van der Waals surface area contributed by atoms with Crippen molar-refractivity contribution in [2.75, 3.05) is 0 Å². The molecule has 0 amide bonds. The van der Waals surface area contributed by atoms with Crippen LogP contribution in [0, 0.1) is 0 Å². The van der Waals surface area contributed by atoms with Gasteiger partial charge in [-0.15, -0.1) is 0 Å². The Labute approximate surface area is 133 Å². The molecule has 0 fully saturated rings. The van der Waals surface area contributed by atoms with Gasteiger partial charge in [0.1, 0.15) is 11.5 Å². The summed E-state index contributed by atoms with van der Waals surface area (Å²) in [7, 11) is 0. The Bertz CT molecular complexity index is 872. The number of ether oxygens (including phenoxy) is 1. The highest BCUT2D eigenvalue weighted by molar-refractivity contribution is 6.30. The van der Waals surface area contributed by atoms with Crippen molar-refractivity contribution in [2.45, 2.75) is 0 Å². The van der Waals surface area contributed by atoms with Crippen molar-refractivity contribution in [1.29, 1.82) is 0 Å². The van der Waals surface area contributed by atoms with Crippen LogP contribution in [0.2, 0.25) is 5.02 Å². The third kappa shape index (κ3) is 2.28. The number of fused-ring (bicyclic) bond motifs is 2. The molecule has 0 aliphatic carbocycles. The predicted molar refractivity (Wildman–Crippen MR) is 89.2 cm³/mol. The van der Waals surface area contributed by atoms with E-state index in [0.29, 0.717) is 5.02 Å². The van der Waals surface area contributed by atoms with Gasteiger partial charge in [0.2, 0.25) is 0 Å². The average molecular weight is 306 g/mol. The van der Waals surface area contributed by atoms with E-state index in [1.165, 1.54) is 0 Å². The number of hydrogen-bond acceptors (Lipinski definition) is 2. The van der Waals surface area contributed by atoms with Crippen LogP contribution >= 0.6 is 11.6 Å². The lowest BCUT2D eigenvalue weighted by Crippen LogP contribution is -1.91. The largest absolute Gasteiger partial charge is 0.456 e. The number of para-hydroxylation sites is 1. The van der Waals surface area contributed by atoms with E-state index >= 15 is 0 Å². The fourth-order valence-corrected chi connectivity index (χ4v) is 2.79. The Balaban J connectivity index is 2.01. The first-order chi connectivity index (χ1) is 10.8. The normalized spacial score (nSPS) is 12.5. The molecule has 1 aliphatic rings. The lowest BCUT2D eigenvalue weighted by atomic mass is 9.96. The minimum atomic E-state index is 0.688. The molecule has 1 aromatic heterocycles. The summed E-state index contributed by atoms with van der Waals surface area (Å²) < 4.78 is 6.08. The molecule has 3 heteroatoms. The monoisotopic (exact) mass is 305 g/mol. The van der Waals surface area contributed by atoms with Gasteiger partial charge in [-0.25, -0.2) is 0 Å². The molecular formula is C19H12ClNO. The summed E-state index contributed by atoms with van der Waals surface area (Å²) in [5.74, 6) is 1.65. The van der Waals surface area contributed by atoms with Crippen LogP contribution < -0.4 is 4.74 Å². The molecule has 0 atom stereocenters. The zero-order chi connectivity index (χ0) is 14.9. The molecule has 3 aromatic rings. The first-order valence-corrected chi connectivity index (χ1v) is 7.38. The standard InChI is InChI=1S/C19H12ClNO/c20-15-5-6-19-17(12-15)16(13-7-9-21-10-8-13)11-14-3-1-2-4-18(14)22-19/h1-12H. The minimum absolute atomic E-state index is 0.688. The van der Waals surface area contributed by atoms with Crippen molar-refractivity contribution in [2.24, 2.45) is 0 Å². The van der Waals surface area contributed by atoms with E-state index in [1.807, 2.05) is 54.6 Å². The molecule has 2 aromatic carbocycles. The number of rotatable bonds is 1. The minimum Gasteiger partial charge on any atom is -0.456 e. The van der Waals surface area contributed by atoms with E-state index in [0.717, 1.165) is 33.8 Å². The molecule has 0 unspecified atom stereocenters. The number of halogens is 1. The topological polar surface area (TPSA) is 22.1 Å². The first-order valence-electron chi connectivity index (χ1n) is 7.00. The van der Waals surface area contributed by atoms with Gasteiger partial charge in [-0.2, -0.15) is 0 Å². The zero-order valence-corrected chi connectivity index (χ0v) is 12.4. The SMILES string of the molecule is Clc1ccc2c(c1)C(c1ccncc1)=Cc1ccccc1O2. The highest BCUT2D eigenvalue weighted by Crippen LogP contribution is 2.41. The van der Waals surface area contributed by atoms with Gasteiger partial charge < -0.3 is 4.74 Å². The summed E-state index contributed by atoms with van der Waals surface area (Å²) in [6, 6.07) is 17.7. The van der Waals surface area contributed by atoms with Gasteiger partial charge in [-0.05, 0) is 53.6 Å². The summed E-state index contributed by atoms with van der Waals surface area (Å²) in [5, 5.41) is 0.688. The van der Waals surface area contributed by atoms with E-state index in [1.54, 1.807) is 12.4 Å². The molecule has 106 valence electrons. The average Bonchev–Trinajstić information content (AvgIpc) is 2.72. The summed E-state index contributed by atoms with van der Waals surface area (Å²) in [6.07, 6.45) is 5.71.